The van der Waals surface area contributed by atoms with Gasteiger partial charge in [-0.05, 0) is 40.5 Å². The van der Waals surface area contributed by atoms with Gasteiger partial charge in [0, 0.05) is 3.92 Å². The lowest BCUT2D eigenvalue weighted by molar-refractivity contribution is -0.289. The predicted molar refractivity (Wildman–Crippen MR) is 69.2 cm³/mol. The molecule has 1 fully saturated rings. The van der Waals surface area contributed by atoms with E-state index in [1.807, 2.05) is 0 Å². The number of nitrogens with zero attached hydrogens (tertiary/aromatic N) is 1. The molecule has 0 aromatic heterocycles. The Hall–Kier alpha value is -0.0500. The highest BCUT2D eigenvalue weighted by molar-refractivity contribution is 14.1. The second kappa shape index (κ2) is 4.81. The topological polar surface area (TPSA) is 29.5 Å². The summed E-state index contributed by atoms with van der Waals surface area (Å²) in [6, 6.07) is 0. The zero-order valence-corrected chi connectivity index (χ0v) is 12.9. The minimum absolute atomic E-state index is 0.341. The average molecular weight is 379 g/mol. The zero-order chi connectivity index (χ0) is 14.4. The maximum atomic E-state index is 12.3. The molecule has 0 N–H and O–H groups in total. The SMILES string of the molecule is CC1(C)CC(I)CC(C)(C)N1OC(=O)C(F)(F)F. The van der Waals surface area contributed by atoms with Gasteiger partial charge in [-0.25, -0.2) is 4.79 Å². The van der Waals surface area contributed by atoms with Crippen LogP contribution in [0.4, 0.5) is 13.2 Å². The van der Waals surface area contributed by atoms with Gasteiger partial charge in [0.1, 0.15) is 0 Å². The maximum Gasteiger partial charge on any atom is 0.492 e. The summed E-state index contributed by atoms with van der Waals surface area (Å²) in [6.45, 7) is 7.12. The van der Waals surface area contributed by atoms with Gasteiger partial charge in [0.15, 0.2) is 0 Å². The third-order valence-electron chi connectivity index (χ3n) is 2.95. The molecule has 1 aliphatic heterocycles. The van der Waals surface area contributed by atoms with Gasteiger partial charge >= 0.3 is 12.1 Å². The van der Waals surface area contributed by atoms with Crippen LogP contribution < -0.4 is 0 Å². The van der Waals surface area contributed by atoms with Gasteiger partial charge < -0.3 is 4.84 Å². The molecular weight excluding hydrogens is 362 g/mol. The van der Waals surface area contributed by atoms with Crippen molar-refractivity contribution in [3.8, 4) is 0 Å². The quantitative estimate of drug-likeness (QED) is 0.516. The number of rotatable bonds is 1. The number of carbonyl (C=O) groups is 1. The number of hydrogen-bond acceptors (Lipinski definition) is 3. The first-order valence-corrected chi connectivity index (χ1v) is 6.84. The molecule has 0 radical (unpaired) electrons. The summed E-state index contributed by atoms with van der Waals surface area (Å²) in [7, 11) is 0. The molecule has 18 heavy (non-hydrogen) atoms. The van der Waals surface area contributed by atoms with Crippen LogP contribution in [0.5, 0.6) is 0 Å². The first kappa shape index (κ1) is 16.0. The number of carbonyl (C=O) groups excluding carboxylic acids is 1. The molecule has 0 bridgehead atoms. The number of hydrogen-bond donors (Lipinski definition) is 0. The van der Waals surface area contributed by atoms with Crippen LogP contribution in [0.2, 0.25) is 0 Å². The largest absolute Gasteiger partial charge is 0.492 e. The molecule has 0 unspecified atom stereocenters. The lowest BCUT2D eigenvalue weighted by Crippen LogP contribution is -2.62. The first-order valence-electron chi connectivity index (χ1n) is 5.60. The van der Waals surface area contributed by atoms with E-state index in [9.17, 15) is 18.0 Å². The molecule has 0 saturated carbocycles. The summed E-state index contributed by atoms with van der Waals surface area (Å²) in [5, 5.41) is 1.20. The molecule has 1 saturated heterocycles. The van der Waals surface area contributed by atoms with Crippen molar-refractivity contribution < 1.29 is 22.8 Å². The fourth-order valence-electron chi connectivity index (χ4n) is 2.52. The van der Waals surface area contributed by atoms with Gasteiger partial charge in [0.05, 0.1) is 11.1 Å². The molecule has 1 rings (SSSR count). The summed E-state index contributed by atoms with van der Waals surface area (Å²) < 4.78 is 37.2. The number of piperidine rings is 1. The van der Waals surface area contributed by atoms with Gasteiger partial charge in [-0.3, -0.25) is 0 Å². The Morgan fingerprint density at radius 1 is 1.22 bits per heavy atom. The fraction of sp³-hybridized carbons (Fsp3) is 0.909. The second-order valence-electron chi connectivity index (χ2n) is 5.80. The Morgan fingerprint density at radius 3 is 1.94 bits per heavy atom. The van der Waals surface area contributed by atoms with Crippen molar-refractivity contribution in [1.82, 2.24) is 5.06 Å². The monoisotopic (exact) mass is 379 g/mol. The Kier molecular flexibility index (Phi) is 4.27. The van der Waals surface area contributed by atoms with E-state index >= 15 is 0 Å². The van der Waals surface area contributed by atoms with Crippen molar-refractivity contribution in [2.45, 2.75) is 61.7 Å². The average Bonchev–Trinajstić information content (AvgIpc) is 2.06. The summed E-state index contributed by atoms with van der Waals surface area (Å²) >= 11 is 2.28. The highest BCUT2D eigenvalue weighted by atomic mass is 127. The van der Waals surface area contributed by atoms with Crippen LogP contribution in [-0.2, 0) is 9.63 Å². The summed E-state index contributed by atoms with van der Waals surface area (Å²) in [5.74, 6) is -2.16. The lowest BCUT2D eigenvalue weighted by atomic mass is 9.82. The molecule has 7 heteroatoms. The number of hydroxylamine groups is 2. The van der Waals surface area contributed by atoms with Crippen molar-refractivity contribution in [3.63, 3.8) is 0 Å². The smallest absolute Gasteiger partial charge is 0.360 e. The standard InChI is InChI=1S/C11H17F3INO2/c1-9(2)5-7(15)6-10(3,4)16(9)18-8(17)11(12,13)14/h7H,5-6H2,1-4H3. The van der Waals surface area contributed by atoms with Crippen LogP contribution in [0.25, 0.3) is 0 Å². The van der Waals surface area contributed by atoms with Crippen molar-refractivity contribution in [2.24, 2.45) is 0 Å². The molecule has 0 aromatic rings. The van der Waals surface area contributed by atoms with Crippen LogP contribution in [0.1, 0.15) is 40.5 Å². The van der Waals surface area contributed by atoms with Crippen molar-refractivity contribution in [3.05, 3.63) is 0 Å². The highest BCUT2D eigenvalue weighted by Gasteiger charge is 2.51. The Labute approximate surface area is 118 Å². The van der Waals surface area contributed by atoms with Gasteiger partial charge in [-0.15, -0.1) is 5.06 Å². The van der Waals surface area contributed by atoms with Crippen LogP contribution in [0.15, 0.2) is 0 Å². The van der Waals surface area contributed by atoms with E-state index in [2.05, 4.69) is 27.4 Å². The third kappa shape index (κ3) is 3.49. The van der Waals surface area contributed by atoms with E-state index in [1.165, 1.54) is 5.06 Å². The van der Waals surface area contributed by atoms with Crippen LogP contribution in [0, 0.1) is 0 Å². The van der Waals surface area contributed by atoms with Gasteiger partial charge in [-0.2, -0.15) is 13.2 Å². The minimum Gasteiger partial charge on any atom is -0.360 e. The van der Waals surface area contributed by atoms with Crippen molar-refractivity contribution in [2.75, 3.05) is 0 Å². The minimum atomic E-state index is -4.96. The van der Waals surface area contributed by atoms with Gasteiger partial charge in [0.25, 0.3) is 0 Å². The highest BCUT2D eigenvalue weighted by Crippen LogP contribution is 2.42. The first-order chi connectivity index (χ1) is 7.86. The lowest BCUT2D eigenvalue weighted by Gasteiger charge is -2.51. The number of alkyl halides is 4. The Morgan fingerprint density at radius 2 is 1.61 bits per heavy atom. The van der Waals surface area contributed by atoms with Crippen LogP contribution in [-0.4, -0.2) is 32.2 Å². The van der Waals surface area contributed by atoms with E-state index in [1.54, 1.807) is 27.7 Å². The van der Waals surface area contributed by atoms with E-state index in [-0.39, 0.29) is 0 Å². The Balaban J connectivity index is 2.94. The van der Waals surface area contributed by atoms with Crippen molar-refractivity contribution in [1.29, 1.82) is 0 Å². The molecule has 1 aliphatic rings. The molecule has 0 atom stereocenters. The predicted octanol–water partition coefficient (Wildman–Crippen LogP) is 3.46. The van der Waals surface area contributed by atoms with Crippen molar-refractivity contribution >= 4 is 28.6 Å². The van der Waals surface area contributed by atoms with E-state index < -0.39 is 23.2 Å². The molecular formula is C11H17F3INO2. The summed E-state index contributed by atoms with van der Waals surface area (Å²) in [6.07, 6.45) is -3.63. The van der Waals surface area contributed by atoms with Gasteiger partial charge in [0.2, 0.25) is 0 Å². The van der Waals surface area contributed by atoms with Crippen LogP contribution in [0.3, 0.4) is 0 Å². The second-order valence-corrected chi connectivity index (χ2v) is 7.56. The molecule has 106 valence electrons. The van der Waals surface area contributed by atoms with E-state index in [0.29, 0.717) is 16.8 Å². The normalized spacial score (nSPS) is 24.9. The maximum absolute atomic E-state index is 12.3. The summed E-state index contributed by atoms with van der Waals surface area (Å²) in [5.41, 5.74) is -1.23. The fourth-order valence-corrected chi connectivity index (χ4v) is 4.68. The molecule has 3 nitrogen and oxygen atoms in total. The number of halogens is 4. The molecule has 0 aromatic carbocycles. The molecule has 0 amide bonds. The summed E-state index contributed by atoms with van der Waals surface area (Å²) in [4.78, 5) is 15.6. The molecule has 0 spiro atoms. The molecule has 0 aliphatic carbocycles. The Bertz CT molecular complexity index is 324. The zero-order valence-electron chi connectivity index (χ0n) is 10.8. The third-order valence-corrected chi connectivity index (χ3v) is 3.83. The van der Waals surface area contributed by atoms with Crippen LogP contribution >= 0.6 is 22.6 Å². The van der Waals surface area contributed by atoms with E-state index in [4.69, 9.17) is 0 Å². The van der Waals surface area contributed by atoms with Gasteiger partial charge in [-0.1, -0.05) is 22.6 Å². The molecule has 1 heterocycles. The van der Waals surface area contributed by atoms with E-state index in [0.717, 1.165) is 0 Å².